The summed E-state index contributed by atoms with van der Waals surface area (Å²) in [7, 11) is 1.50. The fraction of sp³-hybridized carbons (Fsp3) is 0.250. The molecule has 2 N–H and O–H groups in total. The van der Waals surface area contributed by atoms with Crippen LogP contribution in [-0.2, 0) is 4.79 Å². The molecule has 1 aromatic heterocycles. The lowest BCUT2D eigenvalue weighted by Crippen LogP contribution is -2.34. The summed E-state index contributed by atoms with van der Waals surface area (Å²) in [5.41, 5.74) is 0. The minimum absolute atomic E-state index is 0.0456. The summed E-state index contributed by atoms with van der Waals surface area (Å²) in [6.07, 6.45) is 1.40. The molecular weight excluding hydrogens is 172 g/mol. The lowest BCUT2D eigenvalue weighted by Gasteiger charge is -2.00. The van der Waals surface area contributed by atoms with Crippen LogP contribution in [0.3, 0.4) is 0 Å². The number of likely N-dealkylation sites (N-methyl/N-ethyl adjacent to an activating group) is 1. The number of rotatable bonds is 3. The molecule has 0 saturated heterocycles. The highest BCUT2D eigenvalue weighted by Gasteiger charge is 2.08. The number of carbonyl (C=O) groups excluding carboxylic acids is 2. The Morgan fingerprint density at radius 2 is 2.31 bits per heavy atom. The molecule has 5 heteroatoms. The molecule has 0 aromatic carbocycles. The molecule has 0 fully saturated rings. The first-order valence-corrected chi connectivity index (χ1v) is 3.76. The molecule has 0 aliphatic rings. The van der Waals surface area contributed by atoms with Gasteiger partial charge >= 0.3 is 0 Å². The van der Waals surface area contributed by atoms with Crippen molar-refractivity contribution in [3.63, 3.8) is 0 Å². The SMILES string of the molecule is CNC(=O)CNC(=O)c1ccco1. The van der Waals surface area contributed by atoms with Crippen molar-refractivity contribution in [2.45, 2.75) is 0 Å². The van der Waals surface area contributed by atoms with Crippen molar-refractivity contribution in [3.05, 3.63) is 24.2 Å². The minimum atomic E-state index is -0.395. The molecule has 0 aliphatic heterocycles. The third kappa shape index (κ3) is 2.62. The molecular formula is C8H10N2O3. The topological polar surface area (TPSA) is 71.3 Å². The van der Waals surface area contributed by atoms with Crippen LogP contribution in [0, 0.1) is 0 Å². The van der Waals surface area contributed by atoms with Crippen LogP contribution in [0.25, 0.3) is 0 Å². The van der Waals surface area contributed by atoms with E-state index in [1.54, 1.807) is 6.07 Å². The monoisotopic (exact) mass is 182 g/mol. The first-order chi connectivity index (χ1) is 6.24. The smallest absolute Gasteiger partial charge is 0.287 e. The summed E-state index contributed by atoms with van der Waals surface area (Å²) in [4.78, 5) is 21.9. The highest BCUT2D eigenvalue weighted by atomic mass is 16.3. The second-order valence-corrected chi connectivity index (χ2v) is 2.33. The number of furan rings is 1. The quantitative estimate of drug-likeness (QED) is 0.677. The zero-order valence-corrected chi connectivity index (χ0v) is 7.16. The number of amides is 2. The summed E-state index contributed by atoms with van der Waals surface area (Å²) < 4.78 is 4.82. The van der Waals surface area contributed by atoms with E-state index in [0.717, 1.165) is 0 Å². The van der Waals surface area contributed by atoms with E-state index >= 15 is 0 Å². The van der Waals surface area contributed by atoms with Crippen molar-refractivity contribution in [2.75, 3.05) is 13.6 Å². The van der Waals surface area contributed by atoms with Gasteiger partial charge in [0.15, 0.2) is 5.76 Å². The molecule has 1 aromatic rings. The van der Waals surface area contributed by atoms with Gasteiger partial charge in [-0.05, 0) is 12.1 Å². The van der Waals surface area contributed by atoms with Crippen LogP contribution < -0.4 is 10.6 Å². The van der Waals surface area contributed by atoms with Crippen molar-refractivity contribution >= 4 is 11.8 Å². The molecule has 0 atom stereocenters. The van der Waals surface area contributed by atoms with E-state index in [4.69, 9.17) is 4.42 Å². The van der Waals surface area contributed by atoms with Crippen molar-refractivity contribution in [2.24, 2.45) is 0 Å². The Hall–Kier alpha value is -1.78. The normalized spacial score (nSPS) is 9.31. The van der Waals surface area contributed by atoms with Crippen LogP contribution in [0.5, 0.6) is 0 Å². The molecule has 5 nitrogen and oxygen atoms in total. The Kier molecular flexibility index (Phi) is 3.08. The van der Waals surface area contributed by atoms with Gasteiger partial charge in [-0.2, -0.15) is 0 Å². The van der Waals surface area contributed by atoms with Gasteiger partial charge in [-0.1, -0.05) is 0 Å². The van der Waals surface area contributed by atoms with E-state index in [2.05, 4.69) is 10.6 Å². The van der Waals surface area contributed by atoms with Gasteiger partial charge in [0, 0.05) is 7.05 Å². The predicted molar refractivity (Wildman–Crippen MR) is 45.1 cm³/mol. The first-order valence-electron chi connectivity index (χ1n) is 3.76. The second kappa shape index (κ2) is 4.30. The Labute approximate surface area is 75.1 Å². The van der Waals surface area contributed by atoms with E-state index in [1.807, 2.05) is 0 Å². The summed E-state index contributed by atoms with van der Waals surface area (Å²) in [5.74, 6) is -0.447. The molecule has 0 unspecified atom stereocenters. The number of hydrogen-bond donors (Lipinski definition) is 2. The number of nitrogens with one attached hydrogen (secondary N) is 2. The van der Waals surface area contributed by atoms with E-state index in [9.17, 15) is 9.59 Å². The first kappa shape index (κ1) is 9.31. The Balaban J connectivity index is 2.39. The van der Waals surface area contributed by atoms with Crippen LogP contribution in [0.1, 0.15) is 10.6 Å². The summed E-state index contributed by atoms with van der Waals surface area (Å²) >= 11 is 0. The fourth-order valence-corrected chi connectivity index (χ4v) is 0.744. The Bertz CT molecular complexity index is 292. The van der Waals surface area contributed by atoms with Gasteiger partial charge in [-0.3, -0.25) is 9.59 Å². The van der Waals surface area contributed by atoms with Crippen molar-refractivity contribution in [1.29, 1.82) is 0 Å². The molecule has 0 saturated carbocycles. The van der Waals surface area contributed by atoms with Gasteiger partial charge in [-0.15, -0.1) is 0 Å². The van der Waals surface area contributed by atoms with Gasteiger partial charge in [0.2, 0.25) is 5.91 Å². The molecule has 70 valence electrons. The van der Waals surface area contributed by atoms with Crippen LogP contribution >= 0.6 is 0 Å². The standard InChI is InChI=1S/C8H10N2O3/c1-9-7(11)5-10-8(12)6-3-2-4-13-6/h2-4H,5H2,1H3,(H,9,11)(H,10,12). The maximum Gasteiger partial charge on any atom is 0.287 e. The zero-order chi connectivity index (χ0) is 9.68. The van der Waals surface area contributed by atoms with Gasteiger partial charge < -0.3 is 15.1 Å². The predicted octanol–water partition coefficient (Wildman–Crippen LogP) is -0.245. The largest absolute Gasteiger partial charge is 0.459 e. The number of hydrogen-bond acceptors (Lipinski definition) is 3. The molecule has 13 heavy (non-hydrogen) atoms. The average molecular weight is 182 g/mol. The van der Waals surface area contributed by atoms with Crippen molar-refractivity contribution in [1.82, 2.24) is 10.6 Å². The third-order valence-electron chi connectivity index (χ3n) is 1.43. The van der Waals surface area contributed by atoms with Gasteiger partial charge in [0.05, 0.1) is 12.8 Å². The Morgan fingerprint density at radius 1 is 1.54 bits per heavy atom. The van der Waals surface area contributed by atoms with E-state index < -0.39 is 5.91 Å². The third-order valence-corrected chi connectivity index (χ3v) is 1.43. The molecule has 1 heterocycles. The van der Waals surface area contributed by atoms with Crippen LogP contribution in [0.2, 0.25) is 0 Å². The molecule has 1 rings (SSSR count). The highest BCUT2D eigenvalue weighted by molar-refractivity contribution is 5.94. The molecule has 0 aliphatic carbocycles. The number of carbonyl (C=O) groups is 2. The maximum atomic E-state index is 11.1. The molecule has 0 spiro atoms. The van der Waals surface area contributed by atoms with Crippen LogP contribution in [-0.4, -0.2) is 25.4 Å². The maximum absolute atomic E-state index is 11.1. The van der Waals surface area contributed by atoms with Gasteiger partial charge in [0.25, 0.3) is 5.91 Å². The summed E-state index contributed by atoms with van der Waals surface area (Å²) in [6.45, 7) is -0.0456. The summed E-state index contributed by atoms with van der Waals surface area (Å²) in [6, 6.07) is 3.13. The minimum Gasteiger partial charge on any atom is -0.459 e. The zero-order valence-electron chi connectivity index (χ0n) is 7.16. The summed E-state index contributed by atoms with van der Waals surface area (Å²) in [5, 5.41) is 4.77. The van der Waals surface area contributed by atoms with Gasteiger partial charge in [0.1, 0.15) is 0 Å². The van der Waals surface area contributed by atoms with Crippen molar-refractivity contribution < 1.29 is 14.0 Å². The van der Waals surface area contributed by atoms with Crippen LogP contribution in [0.4, 0.5) is 0 Å². The van der Waals surface area contributed by atoms with Crippen LogP contribution in [0.15, 0.2) is 22.8 Å². The molecule has 0 bridgehead atoms. The lowest BCUT2D eigenvalue weighted by molar-refractivity contribution is -0.119. The highest BCUT2D eigenvalue weighted by Crippen LogP contribution is 1.98. The fourth-order valence-electron chi connectivity index (χ4n) is 0.744. The van der Waals surface area contributed by atoms with Crippen molar-refractivity contribution in [3.8, 4) is 0 Å². The molecule has 2 amide bonds. The van der Waals surface area contributed by atoms with Gasteiger partial charge in [-0.25, -0.2) is 0 Å². The Morgan fingerprint density at radius 3 is 2.85 bits per heavy atom. The second-order valence-electron chi connectivity index (χ2n) is 2.33. The lowest BCUT2D eigenvalue weighted by atomic mass is 10.4. The average Bonchev–Trinajstić information content (AvgIpc) is 2.66. The molecule has 0 radical (unpaired) electrons. The van der Waals surface area contributed by atoms with E-state index in [0.29, 0.717) is 0 Å². The van der Waals surface area contributed by atoms with E-state index in [-0.39, 0.29) is 18.2 Å². The van der Waals surface area contributed by atoms with E-state index in [1.165, 1.54) is 19.4 Å².